The average Bonchev–Trinajstić information content (AvgIpc) is 2.83. The fraction of sp³-hybridized carbons (Fsp3) is 0.0769. The molecule has 0 aliphatic rings. The Morgan fingerprint density at radius 3 is 2.56 bits per heavy atom. The first-order valence-electron chi connectivity index (χ1n) is 5.26. The van der Waals surface area contributed by atoms with Crippen LogP contribution in [0.5, 0.6) is 0 Å². The number of ketones is 1. The third-order valence-corrected chi connectivity index (χ3v) is 2.52. The van der Waals surface area contributed by atoms with Crippen LogP contribution in [-0.2, 0) is 4.74 Å². The topological polar surface area (TPSA) is 59.2 Å². The summed E-state index contributed by atoms with van der Waals surface area (Å²) in [6, 6.07) is 10.1. The lowest BCUT2D eigenvalue weighted by atomic mass is 10.1. The van der Waals surface area contributed by atoms with Crippen LogP contribution in [0.15, 0.2) is 42.6 Å². The van der Waals surface area contributed by atoms with Crippen LogP contribution in [0.4, 0.5) is 0 Å². The largest absolute Gasteiger partial charge is 0.453 e. The van der Waals surface area contributed by atoms with Gasteiger partial charge in [0.25, 0.3) is 0 Å². The van der Waals surface area contributed by atoms with E-state index in [0.717, 1.165) is 0 Å². The van der Waals surface area contributed by atoms with Crippen LogP contribution in [0.3, 0.4) is 0 Å². The quantitative estimate of drug-likeness (QED) is 0.681. The number of H-pyrrole nitrogens is 1. The molecular formula is C13H10ClNO3. The van der Waals surface area contributed by atoms with Gasteiger partial charge >= 0.3 is 5.97 Å². The Hall–Kier alpha value is -2.07. The van der Waals surface area contributed by atoms with Crippen molar-refractivity contribution in [3.63, 3.8) is 0 Å². The monoisotopic (exact) mass is 263 g/mol. The molecular weight excluding hydrogens is 254 g/mol. The highest BCUT2D eigenvalue weighted by Gasteiger charge is 2.12. The molecule has 0 radical (unpaired) electrons. The van der Waals surface area contributed by atoms with Crippen molar-refractivity contribution >= 4 is 23.4 Å². The molecule has 5 heteroatoms. The van der Waals surface area contributed by atoms with E-state index in [4.69, 9.17) is 16.3 Å². The molecule has 92 valence electrons. The van der Waals surface area contributed by atoms with Crippen molar-refractivity contribution in [2.24, 2.45) is 0 Å². The number of aromatic amines is 1. The molecule has 2 rings (SSSR count). The highest BCUT2D eigenvalue weighted by molar-refractivity contribution is 6.30. The fourth-order valence-electron chi connectivity index (χ4n) is 1.40. The number of benzene rings is 1. The number of esters is 1. The summed E-state index contributed by atoms with van der Waals surface area (Å²) in [5.74, 6) is -0.854. The fourth-order valence-corrected chi connectivity index (χ4v) is 1.57. The molecule has 0 saturated carbocycles. The highest BCUT2D eigenvalue weighted by atomic mass is 35.5. The first-order chi connectivity index (χ1) is 8.66. The lowest BCUT2D eigenvalue weighted by molar-refractivity contribution is 0.0469. The average molecular weight is 264 g/mol. The van der Waals surface area contributed by atoms with E-state index < -0.39 is 5.97 Å². The number of carbonyl (C=O) groups excluding carboxylic acids is 2. The molecule has 0 saturated heterocycles. The molecule has 0 bridgehead atoms. The molecule has 0 fully saturated rings. The van der Waals surface area contributed by atoms with Crippen LogP contribution in [0.25, 0.3) is 0 Å². The van der Waals surface area contributed by atoms with E-state index in [2.05, 4.69) is 4.98 Å². The van der Waals surface area contributed by atoms with Crippen molar-refractivity contribution in [3.8, 4) is 0 Å². The maximum Gasteiger partial charge on any atom is 0.355 e. The van der Waals surface area contributed by atoms with E-state index in [9.17, 15) is 9.59 Å². The van der Waals surface area contributed by atoms with Gasteiger partial charge in [-0.05, 0) is 6.07 Å². The van der Waals surface area contributed by atoms with Crippen molar-refractivity contribution in [3.05, 3.63) is 58.9 Å². The van der Waals surface area contributed by atoms with Gasteiger partial charge in [-0.1, -0.05) is 41.9 Å². The lowest BCUT2D eigenvalue weighted by Gasteiger charge is -2.02. The van der Waals surface area contributed by atoms with Gasteiger partial charge in [-0.3, -0.25) is 4.79 Å². The summed E-state index contributed by atoms with van der Waals surface area (Å²) in [4.78, 5) is 25.9. The molecule has 0 aliphatic carbocycles. The molecule has 1 heterocycles. The maximum absolute atomic E-state index is 11.7. The van der Waals surface area contributed by atoms with Gasteiger partial charge in [0.05, 0.1) is 5.02 Å². The molecule has 0 atom stereocenters. The van der Waals surface area contributed by atoms with Gasteiger partial charge in [0.15, 0.2) is 12.4 Å². The molecule has 4 nitrogen and oxygen atoms in total. The van der Waals surface area contributed by atoms with Gasteiger partial charge in [-0.2, -0.15) is 0 Å². The van der Waals surface area contributed by atoms with Crippen LogP contribution in [0, 0.1) is 0 Å². The van der Waals surface area contributed by atoms with Crippen molar-refractivity contribution in [2.45, 2.75) is 0 Å². The number of halogens is 1. The number of hydrogen-bond acceptors (Lipinski definition) is 3. The van der Waals surface area contributed by atoms with Gasteiger partial charge in [-0.25, -0.2) is 4.79 Å². The van der Waals surface area contributed by atoms with Gasteiger partial charge in [0.1, 0.15) is 5.69 Å². The van der Waals surface area contributed by atoms with E-state index in [1.807, 2.05) is 6.07 Å². The number of nitrogens with one attached hydrogen (secondary N) is 1. The predicted octanol–water partition coefficient (Wildman–Crippen LogP) is 2.71. The molecule has 1 N–H and O–H groups in total. The molecule has 18 heavy (non-hydrogen) atoms. The zero-order valence-electron chi connectivity index (χ0n) is 9.35. The highest BCUT2D eigenvalue weighted by Crippen LogP contribution is 2.10. The number of ether oxygens (including phenoxy) is 1. The summed E-state index contributed by atoms with van der Waals surface area (Å²) in [6.07, 6.45) is 1.47. The summed E-state index contributed by atoms with van der Waals surface area (Å²) in [5.41, 5.74) is 0.732. The number of rotatable bonds is 4. The minimum Gasteiger partial charge on any atom is -0.453 e. The summed E-state index contributed by atoms with van der Waals surface area (Å²) in [5, 5.41) is 0.413. The molecule has 2 aromatic rings. The Kier molecular flexibility index (Phi) is 3.79. The van der Waals surface area contributed by atoms with Crippen molar-refractivity contribution < 1.29 is 14.3 Å². The third-order valence-electron chi connectivity index (χ3n) is 2.30. The van der Waals surface area contributed by atoms with E-state index in [1.54, 1.807) is 24.3 Å². The lowest BCUT2D eigenvalue weighted by Crippen LogP contribution is -2.14. The van der Waals surface area contributed by atoms with Crippen molar-refractivity contribution in [2.75, 3.05) is 6.61 Å². The van der Waals surface area contributed by atoms with Gasteiger partial charge in [0.2, 0.25) is 0 Å². The minimum absolute atomic E-state index is 0.223. The smallest absolute Gasteiger partial charge is 0.355 e. The van der Waals surface area contributed by atoms with E-state index in [-0.39, 0.29) is 18.1 Å². The molecule has 1 aromatic heterocycles. The van der Waals surface area contributed by atoms with Crippen molar-refractivity contribution in [1.29, 1.82) is 0 Å². The van der Waals surface area contributed by atoms with Gasteiger partial charge in [-0.15, -0.1) is 0 Å². The molecule has 1 aromatic carbocycles. The Morgan fingerprint density at radius 2 is 1.94 bits per heavy atom. The molecule has 0 aliphatic heterocycles. The van der Waals surface area contributed by atoms with E-state index in [1.165, 1.54) is 12.3 Å². The maximum atomic E-state index is 11.7. The number of Topliss-reactive ketones (excluding diaryl/α,β-unsaturated/α-hetero) is 1. The van der Waals surface area contributed by atoms with Gasteiger partial charge in [0, 0.05) is 11.8 Å². The SMILES string of the molecule is O=C(COC(=O)c1cc(Cl)c[nH]1)c1ccccc1. The zero-order valence-corrected chi connectivity index (χ0v) is 10.1. The van der Waals surface area contributed by atoms with E-state index in [0.29, 0.717) is 10.6 Å². The summed E-state index contributed by atoms with van der Waals surface area (Å²) in [7, 11) is 0. The normalized spacial score (nSPS) is 10.1. The van der Waals surface area contributed by atoms with Crippen LogP contribution < -0.4 is 0 Å². The standard InChI is InChI=1S/C13H10ClNO3/c14-10-6-11(15-7-10)13(17)18-8-12(16)9-4-2-1-3-5-9/h1-7,15H,8H2. The van der Waals surface area contributed by atoms with Crippen LogP contribution in [-0.4, -0.2) is 23.3 Å². The Morgan fingerprint density at radius 1 is 1.22 bits per heavy atom. The molecule has 0 unspecified atom stereocenters. The summed E-state index contributed by atoms with van der Waals surface area (Å²) in [6.45, 7) is -0.292. The minimum atomic E-state index is -0.605. The summed E-state index contributed by atoms with van der Waals surface area (Å²) < 4.78 is 4.88. The predicted molar refractivity (Wildman–Crippen MR) is 66.9 cm³/mol. The van der Waals surface area contributed by atoms with E-state index >= 15 is 0 Å². The number of carbonyl (C=O) groups is 2. The second-order valence-electron chi connectivity index (χ2n) is 3.60. The van der Waals surface area contributed by atoms with Gasteiger partial charge < -0.3 is 9.72 Å². The first-order valence-corrected chi connectivity index (χ1v) is 5.64. The Bertz CT molecular complexity index is 563. The van der Waals surface area contributed by atoms with Crippen LogP contribution in [0.1, 0.15) is 20.8 Å². The molecule has 0 amide bonds. The van der Waals surface area contributed by atoms with Crippen molar-refractivity contribution in [1.82, 2.24) is 4.98 Å². The second kappa shape index (κ2) is 5.51. The third kappa shape index (κ3) is 2.99. The number of hydrogen-bond donors (Lipinski definition) is 1. The number of aromatic nitrogens is 1. The van der Waals surface area contributed by atoms with Crippen LogP contribution in [0.2, 0.25) is 5.02 Å². The second-order valence-corrected chi connectivity index (χ2v) is 4.03. The first kappa shape index (κ1) is 12.4. The Labute approximate surface area is 109 Å². The summed E-state index contributed by atoms with van der Waals surface area (Å²) >= 11 is 5.66. The zero-order chi connectivity index (χ0) is 13.0. The van der Waals surface area contributed by atoms with Crippen LogP contribution >= 0.6 is 11.6 Å². The Balaban J connectivity index is 1.92. The molecule has 0 spiro atoms.